The largest absolute Gasteiger partial charge is 0.396 e. The van der Waals surface area contributed by atoms with E-state index in [1.54, 1.807) is 0 Å². The lowest BCUT2D eigenvalue weighted by atomic mass is 9.85. The number of tetrazole rings is 1. The van der Waals surface area contributed by atoms with E-state index in [2.05, 4.69) is 15.5 Å². The van der Waals surface area contributed by atoms with Crippen molar-refractivity contribution in [1.82, 2.24) is 20.2 Å². The molecule has 1 heterocycles. The Balaban J connectivity index is 1.72. The molecule has 1 saturated carbocycles. The van der Waals surface area contributed by atoms with Gasteiger partial charge in [0.25, 0.3) is 0 Å². The smallest absolute Gasteiger partial charge is 0.215 e. The Labute approximate surface area is 132 Å². The standard InChI is InChI=1S/C13H16N4O3S2/c18-8-10-6-7-12(10)22(19,20)9-21-13-14-15-16-17(13)11-4-2-1-3-5-11/h1-5,10,12,18H,6-9H2/t10-,12-/m0/s1. The second-order valence-electron chi connectivity index (χ2n) is 5.19. The Morgan fingerprint density at radius 2 is 2.05 bits per heavy atom. The topological polar surface area (TPSA) is 98.0 Å². The number of aromatic nitrogens is 4. The minimum Gasteiger partial charge on any atom is -0.396 e. The zero-order valence-corrected chi connectivity index (χ0v) is 13.4. The van der Waals surface area contributed by atoms with Gasteiger partial charge in [-0.25, -0.2) is 8.42 Å². The van der Waals surface area contributed by atoms with E-state index in [1.165, 1.54) is 4.68 Å². The van der Waals surface area contributed by atoms with Crippen molar-refractivity contribution in [2.24, 2.45) is 5.92 Å². The van der Waals surface area contributed by atoms with E-state index in [0.717, 1.165) is 23.9 Å². The number of nitrogens with zero attached hydrogens (tertiary/aromatic N) is 4. The molecule has 0 radical (unpaired) electrons. The molecule has 1 fully saturated rings. The average molecular weight is 340 g/mol. The van der Waals surface area contributed by atoms with Crippen LogP contribution in [0.4, 0.5) is 0 Å². The van der Waals surface area contributed by atoms with Gasteiger partial charge in [-0.2, -0.15) is 4.68 Å². The molecule has 0 bridgehead atoms. The maximum atomic E-state index is 12.3. The summed E-state index contributed by atoms with van der Waals surface area (Å²) in [5.41, 5.74) is 0.782. The summed E-state index contributed by atoms with van der Waals surface area (Å²) in [6.45, 7) is -0.0731. The molecule has 0 amide bonds. The van der Waals surface area contributed by atoms with Crippen molar-refractivity contribution in [1.29, 1.82) is 0 Å². The third-order valence-electron chi connectivity index (χ3n) is 3.84. The third kappa shape index (κ3) is 3.01. The molecule has 3 rings (SSSR count). The van der Waals surface area contributed by atoms with Crippen LogP contribution in [0.1, 0.15) is 12.8 Å². The van der Waals surface area contributed by atoms with Crippen molar-refractivity contribution in [2.45, 2.75) is 23.2 Å². The lowest BCUT2D eigenvalue weighted by Crippen LogP contribution is -2.41. The van der Waals surface area contributed by atoms with Crippen molar-refractivity contribution in [3.63, 3.8) is 0 Å². The maximum absolute atomic E-state index is 12.3. The van der Waals surface area contributed by atoms with Crippen LogP contribution >= 0.6 is 11.8 Å². The van der Waals surface area contributed by atoms with E-state index >= 15 is 0 Å². The number of rotatable bonds is 6. The summed E-state index contributed by atoms with van der Waals surface area (Å²) in [5.74, 6) is -0.129. The zero-order valence-electron chi connectivity index (χ0n) is 11.7. The molecule has 1 aliphatic carbocycles. The van der Waals surface area contributed by atoms with E-state index < -0.39 is 15.1 Å². The van der Waals surface area contributed by atoms with Crippen LogP contribution in [-0.2, 0) is 9.84 Å². The van der Waals surface area contributed by atoms with Crippen LogP contribution in [0.25, 0.3) is 5.69 Å². The van der Waals surface area contributed by atoms with Gasteiger partial charge in [-0.3, -0.25) is 0 Å². The molecule has 1 aliphatic rings. The number of hydrogen-bond acceptors (Lipinski definition) is 7. The molecule has 1 aromatic heterocycles. The molecule has 118 valence electrons. The molecule has 1 N–H and O–H groups in total. The van der Waals surface area contributed by atoms with Crippen LogP contribution in [0.5, 0.6) is 0 Å². The number of hydrogen-bond donors (Lipinski definition) is 1. The van der Waals surface area contributed by atoms with Gasteiger partial charge in [0.05, 0.1) is 10.9 Å². The molecule has 0 unspecified atom stereocenters. The number of sulfone groups is 1. The summed E-state index contributed by atoms with van der Waals surface area (Å²) in [6, 6.07) is 9.31. The predicted octanol–water partition coefficient (Wildman–Crippen LogP) is 0.898. The molecule has 22 heavy (non-hydrogen) atoms. The van der Waals surface area contributed by atoms with Crippen molar-refractivity contribution in [3.8, 4) is 5.69 Å². The van der Waals surface area contributed by atoms with Crippen LogP contribution in [0.15, 0.2) is 35.5 Å². The second-order valence-corrected chi connectivity index (χ2v) is 8.72. The highest BCUT2D eigenvalue weighted by Gasteiger charge is 2.40. The number of aliphatic hydroxyl groups is 1. The van der Waals surface area contributed by atoms with Crippen LogP contribution in [0, 0.1) is 5.92 Å². The molecule has 7 nitrogen and oxygen atoms in total. The highest BCUT2D eigenvalue weighted by Crippen LogP contribution is 2.35. The summed E-state index contributed by atoms with van der Waals surface area (Å²) in [5, 5.41) is 20.5. The first-order chi connectivity index (χ1) is 10.6. The van der Waals surface area contributed by atoms with Crippen molar-refractivity contribution < 1.29 is 13.5 Å². The molecule has 1 aromatic carbocycles. The highest BCUT2D eigenvalue weighted by molar-refractivity contribution is 8.12. The molecule has 2 atom stereocenters. The molecule has 0 aliphatic heterocycles. The molecular formula is C13H16N4O3S2. The van der Waals surface area contributed by atoms with Crippen molar-refractivity contribution in [3.05, 3.63) is 30.3 Å². The van der Waals surface area contributed by atoms with Gasteiger partial charge in [0.2, 0.25) is 5.16 Å². The first-order valence-corrected chi connectivity index (χ1v) is 9.61. The number of para-hydroxylation sites is 1. The summed E-state index contributed by atoms with van der Waals surface area (Å²) < 4.78 is 26.1. The van der Waals surface area contributed by atoms with E-state index in [-0.39, 0.29) is 17.6 Å². The lowest BCUT2D eigenvalue weighted by Gasteiger charge is -2.34. The van der Waals surface area contributed by atoms with E-state index in [0.29, 0.717) is 11.6 Å². The van der Waals surface area contributed by atoms with Crippen LogP contribution in [0.2, 0.25) is 0 Å². The van der Waals surface area contributed by atoms with Crippen molar-refractivity contribution in [2.75, 3.05) is 11.7 Å². The molecule has 9 heteroatoms. The van der Waals surface area contributed by atoms with E-state index in [4.69, 9.17) is 5.11 Å². The van der Waals surface area contributed by atoms with Crippen LogP contribution in [0.3, 0.4) is 0 Å². The molecular weight excluding hydrogens is 324 g/mol. The summed E-state index contributed by atoms with van der Waals surface area (Å²) in [7, 11) is -3.27. The van der Waals surface area contributed by atoms with Crippen LogP contribution < -0.4 is 0 Å². The quantitative estimate of drug-likeness (QED) is 0.780. The zero-order chi connectivity index (χ0) is 15.6. The minimum absolute atomic E-state index is 0.0731. The summed E-state index contributed by atoms with van der Waals surface area (Å²) >= 11 is 1.10. The monoisotopic (exact) mass is 340 g/mol. The first kappa shape index (κ1) is 15.4. The van der Waals surface area contributed by atoms with Gasteiger partial charge in [0.1, 0.15) is 5.08 Å². The van der Waals surface area contributed by atoms with E-state index in [1.807, 2.05) is 30.3 Å². The number of thioether (sulfide) groups is 1. The maximum Gasteiger partial charge on any atom is 0.215 e. The SMILES string of the molecule is O=S(=O)(CSc1nnnn1-c1ccccc1)[C@H]1CC[C@H]1CO. The van der Waals surface area contributed by atoms with Gasteiger partial charge in [0.15, 0.2) is 9.84 Å². The Morgan fingerprint density at radius 3 is 2.68 bits per heavy atom. The van der Waals surface area contributed by atoms with Gasteiger partial charge in [-0.05, 0) is 41.3 Å². The van der Waals surface area contributed by atoms with Gasteiger partial charge in [-0.15, -0.1) is 5.10 Å². The fourth-order valence-corrected chi connectivity index (χ4v) is 5.88. The average Bonchev–Trinajstić information content (AvgIpc) is 2.93. The molecule has 0 saturated heterocycles. The Kier molecular flexibility index (Phi) is 4.46. The van der Waals surface area contributed by atoms with Gasteiger partial charge in [-0.1, -0.05) is 30.0 Å². The number of benzene rings is 1. The highest BCUT2D eigenvalue weighted by atomic mass is 32.3. The van der Waals surface area contributed by atoms with Gasteiger partial charge < -0.3 is 5.11 Å². The Hall–Kier alpha value is -1.45. The summed E-state index contributed by atoms with van der Waals surface area (Å²) in [4.78, 5) is 0. The van der Waals surface area contributed by atoms with Gasteiger partial charge >= 0.3 is 0 Å². The molecule has 0 spiro atoms. The fraction of sp³-hybridized carbons (Fsp3) is 0.462. The third-order valence-corrected chi connectivity index (χ3v) is 7.68. The second kappa shape index (κ2) is 6.35. The Bertz CT molecular complexity index is 731. The normalized spacial score (nSPS) is 21.5. The predicted molar refractivity (Wildman–Crippen MR) is 82.4 cm³/mol. The van der Waals surface area contributed by atoms with Gasteiger partial charge in [0, 0.05) is 6.61 Å². The van der Waals surface area contributed by atoms with Crippen LogP contribution in [-0.4, -0.2) is 50.7 Å². The first-order valence-electron chi connectivity index (χ1n) is 6.91. The number of aliphatic hydroxyl groups excluding tert-OH is 1. The lowest BCUT2D eigenvalue weighted by molar-refractivity contribution is 0.166. The van der Waals surface area contributed by atoms with E-state index in [9.17, 15) is 8.42 Å². The fourth-order valence-electron chi connectivity index (χ4n) is 2.44. The minimum atomic E-state index is -3.27. The molecule has 2 aromatic rings. The Morgan fingerprint density at radius 1 is 1.27 bits per heavy atom. The summed E-state index contributed by atoms with van der Waals surface area (Å²) in [6.07, 6.45) is 1.39. The van der Waals surface area contributed by atoms with Crippen molar-refractivity contribution >= 4 is 21.6 Å².